The van der Waals surface area contributed by atoms with Gasteiger partial charge in [0.2, 0.25) is 10.0 Å². The summed E-state index contributed by atoms with van der Waals surface area (Å²) in [4.78, 5) is 32.3. The largest absolute Gasteiger partial charge is 0.411 e. The van der Waals surface area contributed by atoms with Gasteiger partial charge in [0.25, 0.3) is 0 Å². The zero-order valence-corrected chi connectivity index (χ0v) is 13.9. The van der Waals surface area contributed by atoms with Gasteiger partial charge in [-0.2, -0.15) is 34.8 Å². The van der Waals surface area contributed by atoms with Gasteiger partial charge in [-0.25, -0.2) is 27.1 Å². The van der Waals surface area contributed by atoms with Gasteiger partial charge in [-0.3, -0.25) is 9.35 Å². The number of alkyl halides is 7. The smallest absolute Gasteiger partial charge is 0.385 e. The summed E-state index contributed by atoms with van der Waals surface area (Å²) in [6.07, 6.45) is 0.000906. The Hall–Kier alpha value is -2.02. The molecule has 2 N–H and O–H groups in total. The first-order valence-electron chi connectivity index (χ1n) is 5.61. The van der Waals surface area contributed by atoms with Crippen molar-refractivity contribution in [3.8, 4) is 0 Å². The molecule has 0 aliphatic rings. The Morgan fingerprint density at radius 3 is 1.70 bits per heavy atom. The van der Waals surface area contributed by atoms with Crippen LogP contribution in [0, 0.1) is 0 Å². The first kappa shape index (κ1) is 25.0. The first-order valence-corrected chi connectivity index (χ1v) is 9.00. The molecule has 0 aliphatic carbocycles. The van der Waals surface area contributed by atoms with Gasteiger partial charge in [0, 0.05) is 0 Å². The number of amides is 1. The summed E-state index contributed by atoms with van der Waals surface area (Å²) in [5.74, 6) is -31.1. The third-order valence-electron chi connectivity index (χ3n) is 2.25. The Bertz CT molecular complexity index is 851. The van der Waals surface area contributed by atoms with Gasteiger partial charge in [0.15, 0.2) is 0 Å². The van der Waals surface area contributed by atoms with Crippen LogP contribution in [0.1, 0.15) is 0 Å². The fraction of sp³-hybridized carbons (Fsp3) is 0.625. The minimum absolute atomic E-state index is 0.000906. The van der Waals surface area contributed by atoms with Crippen LogP contribution in [0.2, 0.25) is 0 Å². The number of hydrogen-bond acceptors (Lipinski definition) is 8. The molecule has 1 unspecified atom stereocenters. The van der Waals surface area contributed by atoms with Gasteiger partial charge in [-0.05, 0) is 0 Å². The molecule has 27 heavy (non-hydrogen) atoms. The SMILES string of the molecule is CS(=O)(=O)NC(=O)C(F)(F)C(F)(F)C(F)(F)C(=O)OC(=O)C(F)S(=O)(=O)O. The van der Waals surface area contributed by atoms with E-state index in [0.29, 0.717) is 0 Å². The summed E-state index contributed by atoms with van der Waals surface area (Å²) in [5.41, 5.74) is -4.24. The minimum atomic E-state index is -7.05. The van der Waals surface area contributed by atoms with Crippen LogP contribution in [0.5, 0.6) is 0 Å². The van der Waals surface area contributed by atoms with Crippen LogP contribution < -0.4 is 4.72 Å². The van der Waals surface area contributed by atoms with Crippen LogP contribution in [-0.2, 0) is 39.3 Å². The molecule has 0 spiro atoms. The van der Waals surface area contributed by atoms with E-state index in [9.17, 15) is 62.0 Å². The molecule has 0 saturated heterocycles. The number of carbonyl (C=O) groups excluding carboxylic acids is 3. The summed E-state index contributed by atoms with van der Waals surface area (Å²) in [5, 5.41) is 0. The highest BCUT2D eigenvalue weighted by Crippen LogP contribution is 2.46. The molecule has 0 bridgehead atoms. The summed E-state index contributed by atoms with van der Waals surface area (Å²) in [6.45, 7) is 0. The van der Waals surface area contributed by atoms with Gasteiger partial charge >= 0.3 is 51.2 Å². The molecular weight excluding hydrogens is 451 g/mol. The zero-order chi connectivity index (χ0) is 22.2. The van der Waals surface area contributed by atoms with Crippen molar-refractivity contribution in [2.45, 2.75) is 23.3 Å². The van der Waals surface area contributed by atoms with E-state index in [1.165, 1.54) is 0 Å². The Morgan fingerprint density at radius 2 is 1.37 bits per heavy atom. The molecule has 0 rings (SSSR count). The quantitative estimate of drug-likeness (QED) is 0.216. The van der Waals surface area contributed by atoms with Crippen molar-refractivity contribution in [3.05, 3.63) is 0 Å². The summed E-state index contributed by atoms with van der Waals surface area (Å²) >= 11 is 0. The summed E-state index contributed by atoms with van der Waals surface area (Å²) < 4.78 is 145. The fourth-order valence-corrected chi connectivity index (χ4v) is 1.78. The van der Waals surface area contributed by atoms with E-state index in [1.807, 2.05) is 0 Å². The van der Waals surface area contributed by atoms with Crippen LogP contribution in [0.15, 0.2) is 0 Å². The molecule has 158 valence electrons. The number of nitrogens with one attached hydrogen (secondary N) is 1. The number of carbonyl (C=O) groups is 3. The lowest BCUT2D eigenvalue weighted by Crippen LogP contribution is -2.64. The number of ether oxygens (including phenoxy) is 1. The van der Waals surface area contributed by atoms with Crippen molar-refractivity contribution in [3.63, 3.8) is 0 Å². The third-order valence-corrected chi connectivity index (χ3v) is 3.52. The van der Waals surface area contributed by atoms with Crippen LogP contribution in [-0.4, -0.2) is 68.8 Å². The number of esters is 2. The van der Waals surface area contributed by atoms with Crippen molar-refractivity contribution in [2.24, 2.45) is 0 Å². The van der Waals surface area contributed by atoms with E-state index < -0.39 is 61.3 Å². The molecule has 0 aliphatic heterocycles. The lowest BCUT2D eigenvalue weighted by Gasteiger charge is -2.29. The molecule has 19 heteroatoms. The van der Waals surface area contributed by atoms with Crippen molar-refractivity contribution in [2.75, 3.05) is 6.26 Å². The van der Waals surface area contributed by atoms with Gasteiger partial charge in [-0.1, -0.05) is 0 Å². The van der Waals surface area contributed by atoms with Crippen LogP contribution in [0.3, 0.4) is 0 Å². The second-order valence-electron chi connectivity index (χ2n) is 4.47. The fourth-order valence-electron chi connectivity index (χ4n) is 1.02. The molecule has 0 aromatic heterocycles. The standard InChI is InChI=1S/C8H6F7NO9S2/c1-26(20,21)16-4(18)6(10,11)8(14,15)7(12,13)5(19)25-3(17)2(9)27(22,23)24/h2H,1H3,(H,16,18)(H,22,23,24). The molecular formula is C8H6F7NO9S2. The topological polar surface area (TPSA) is 161 Å². The predicted octanol–water partition coefficient (Wildman–Crippen LogP) is -0.779. The molecule has 1 amide bonds. The van der Waals surface area contributed by atoms with E-state index in [-0.39, 0.29) is 11.0 Å². The number of rotatable bonds is 7. The van der Waals surface area contributed by atoms with E-state index >= 15 is 0 Å². The summed E-state index contributed by atoms with van der Waals surface area (Å²) in [6, 6.07) is 0. The molecule has 0 saturated carbocycles. The first-order chi connectivity index (χ1) is 11.6. The monoisotopic (exact) mass is 457 g/mol. The number of halogens is 7. The highest BCUT2D eigenvalue weighted by atomic mass is 32.2. The van der Waals surface area contributed by atoms with Gasteiger partial charge in [-0.15, -0.1) is 0 Å². The van der Waals surface area contributed by atoms with E-state index in [0.717, 1.165) is 0 Å². The Kier molecular flexibility index (Phi) is 6.65. The second-order valence-corrected chi connectivity index (χ2v) is 7.66. The maximum absolute atomic E-state index is 13.3. The molecule has 10 nitrogen and oxygen atoms in total. The normalized spacial score (nSPS) is 15.0. The summed E-state index contributed by atoms with van der Waals surface area (Å²) in [7, 11) is -10.9. The average molecular weight is 457 g/mol. The third kappa shape index (κ3) is 5.25. The highest BCUT2D eigenvalue weighted by Gasteiger charge is 2.79. The lowest BCUT2D eigenvalue weighted by atomic mass is 10.0. The van der Waals surface area contributed by atoms with Gasteiger partial charge in [0.05, 0.1) is 6.26 Å². The molecule has 1 atom stereocenters. The van der Waals surface area contributed by atoms with E-state index in [1.54, 1.807) is 0 Å². The average Bonchev–Trinajstić information content (AvgIpc) is 2.42. The second kappa shape index (κ2) is 7.19. The predicted molar refractivity (Wildman–Crippen MR) is 65.4 cm³/mol. The molecule has 0 heterocycles. The van der Waals surface area contributed by atoms with Crippen molar-refractivity contribution < 1.29 is 71.2 Å². The zero-order valence-electron chi connectivity index (χ0n) is 12.3. The molecule has 0 fully saturated rings. The van der Waals surface area contributed by atoms with Crippen LogP contribution in [0.4, 0.5) is 30.7 Å². The molecule has 0 aromatic carbocycles. The van der Waals surface area contributed by atoms with E-state index in [4.69, 9.17) is 4.55 Å². The Balaban J connectivity index is 5.79. The number of hydrogen-bond donors (Lipinski definition) is 2. The van der Waals surface area contributed by atoms with Gasteiger partial charge < -0.3 is 4.74 Å². The van der Waals surface area contributed by atoms with Crippen molar-refractivity contribution in [1.82, 2.24) is 4.72 Å². The highest BCUT2D eigenvalue weighted by molar-refractivity contribution is 7.89. The Morgan fingerprint density at radius 1 is 0.963 bits per heavy atom. The minimum Gasteiger partial charge on any atom is -0.385 e. The molecule has 0 radical (unpaired) electrons. The molecule has 0 aromatic rings. The van der Waals surface area contributed by atoms with Crippen molar-refractivity contribution in [1.29, 1.82) is 0 Å². The van der Waals surface area contributed by atoms with E-state index in [2.05, 4.69) is 4.74 Å². The maximum atomic E-state index is 13.3. The Labute approximate surface area is 144 Å². The van der Waals surface area contributed by atoms with Crippen molar-refractivity contribution >= 4 is 38.0 Å². The maximum Gasteiger partial charge on any atom is 0.411 e. The number of sulfonamides is 1. The lowest BCUT2D eigenvalue weighted by molar-refractivity contribution is -0.293. The van der Waals surface area contributed by atoms with Gasteiger partial charge in [0.1, 0.15) is 0 Å². The van der Waals surface area contributed by atoms with Crippen LogP contribution >= 0.6 is 0 Å². The van der Waals surface area contributed by atoms with Crippen LogP contribution in [0.25, 0.3) is 0 Å².